The molecule has 0 aromatic rings. The van der Waals surface area contributed by atoms with Crippen LogP contribution in [0.4, 0.5) is 0 Å². The number of β-amino-alcohol motifs (C(OH)–C–C–N with tert-alkyl or cyclic N) is 1. The molecule has 0 spiro atoms. The van der Waals surface area contributed by atoms with Crippen LogP contribution in [-0.2, 0) is 4.74 Å². The summed E-state index contributed by atoms with van der Waals surface area (Å²) in [5.74, 6) is 0. The van der Waals surface area contributed by atoms with Gasteiger partial charge in [0.2, 0.25) is 0 Å². The largest absolute Gasteiger partial charge is 0.389 e. The first-order chi connectivity index (χ1) is 6.57. The Kier molecular flexibility index (Phi) is 2.82. The first kappa shape index (κ1) is 10.4. The highest BCUT2D eigenvalue weighted by Crippen LogP contribution is 2.32. The Bertz CT molecular complexity index is 193. The van der Waals surface area contributed by atoms with Crippen LogP contribution < -0.4 is 0 Å². The molecule has 1 heterocycles. The third-order valence-electron chi connectivity index (χ3n) is 3.30. The standard InChI is InChI=1S/C11H21NO2/c1-9-6-12(7-10(2)14-9)8-11(13)4-3-5-11/h9-10,13H,3-8H2,1-2H3/t9-,10+. The van der Waals surface area contributed by atoms with Gasteiger partial charge in [-0.15, -0.1) is 0 Å². The SMILES string of the molecule is C[C@@H]1CN(CC2(O)CCC2)C[C@H](C)O1. The summed E-state index contributed by atoms with van der Waals surface area (Å²) in [4.78, 5) is 2.35. The van der Waals surface area contributed by atoms with Crippen molar-refractivity contribution in [1.82, 2.24) is 4.90 Å². The van der Waals surface area contributed by atoms with E-state index >= 15 is 0 Å². The van der Waals surface area contributed by atoms with E-state index < -0.39 is 0 Å². The summed E-state index contributed by atoms with van der Waals surface area (Å²) in [7, 11) is 0. The van der Waals surface area contributed by atoms with Gasteiger partial charge in [0.1, 0.15) is 0 Å². The maximum atomic E-state index is 10.1. The maximum absolute atomic E-state index is 10.1. The summed E-state index contributed by atoms with van der Waals surface area (Å²) in [5, 5.41) is 10.1. The zero-order valence-electron chi connectivity index (χ0n) is 9.20. The van der Waals surface area contributed by atoms with E-state index in [9.17, 15) is 5.11 Å². The highest BCUT2D eigenvalue weighted by Gasteiger charge is 2.37. The second kappa shape index (κ2) is 3.80. The van der Waals surface area contributed by atoms with Gasteiger partial charge in [-0.2, -0.15) is 0 Å². The van der Waals surface area contributed by atoms with Crippen molar-refractivity contribution in [2.75, 3.05) is 19.6 Å². The third-order valence-corrected chi connectivity index (χ3v) is 3.30. The Hall–Kier alpha value is -0.120. The van der Waals surface area contributed by atoms with Gasteiger partial charge in [0.25, 0.3) is 0 Å². The molecule has 1 aliphatic heterocycles. The van der Waals surface area contributed by atoms with E-state index in [0.717, 1.165) is 32.5 Å². The van der Waals surface area contributed by atoms with E-state index in [0.29, 0.717) is 12.2 Å². The average Bonchev–Trinajstić information content (AvgIpc) is 1.99. The molecule has 1 aliphatic carbocycles. The van der Waals surface area contributed by atoms with Gasteiger partial charge in [-0.1, -0.05) is 0 Å². The molecule has 1 N–H and O–H groups in total. The Labute approximate surface area is 86.0 Å². The van der Waals surface area contributed by atoms with Crippen LogP contribution in [0, 0.1) is 0 Å². The van der Waals surface area contributed by atoms with Crippen LogP contribution in [0.2, 0.25) is 0 Å². The van der Waals surface area contributed by atoms with Gasteiger partial charge in [-0.25, -0.2) is 0 Å². The summed E-state index contributed by atoms with van der Waals surface area (Å²) in [6.45, 7) is 6.98. The predicted molar refractivity (Wildman–Crippen MR) is 55.2 cm³/mol. The van der Waals surface area contributed by atoms with Gasteiger partial charge in [0.05, 0.1) is 17.8 Å². The molecular weight excluding hydrogens is 178 g/mol. The molecule has 2 aliphatic rings. The molecule has 82 valence electrons. The van der Waals surface area contributed by atoms with Crippen molar-refractivity contribution in [2.24, 2.45) is 0 Å². The molecule has 0 radical (unpaired) electrons. The monoisotopic (exact) mass is 199 g/mol. The summed E-state index contributed by atoms with van der Waals surface area (Å²) in [5.41, 5.74) is -0.378. The molecule has 2 atom stereocenters. The Morgan fingerprint density at radius 3 is 2.29 bits per heavy atom. The molecular formula is C11H21NO2. The molecule has 2 rings (SSSR count). The van der Waals surface area contributed by atoms with Gasteiger partial charge < -0.3 is 9.84 Å². The van der Waals surface area contributed by atoms with Crippen LogP contribution in [0.15, 0.2) is 0 Å². The summed E-state index contributed by atoms with van der Waals surface area (Å²) >= 11 is 0. The normalized spacial score (nSPS) is 37.9. The highest BCUT2D eigenvalue weighted by molar-refractivity contribution is 4.91. The number of aliphatic hydroxyl groups is 1. The zero-order valence-corrected chi connectivity index (χ0v) is 9.20. The van der Waals surface area contributed by atoms with Crippen LogP contribution in [0.5, 0.6) is 0 Å². The molecule has 0 aromatic heterocycles. The quantitative estimate of drug-likeness (QED) is 0.720. The summed E-state index contributed by atoms with van der Waals surface area (Å²) < 4.78 is 5.66. The first-order valence-electron chi connectivity index (χ1n) is 5.68. The fraction of sp³-hybridized carbons (Fsp3) is 1.00. The van der Waals surface area contributed by atoms with Gasteiger partial charge in [-0.05, 0) is 33.1 Å². The lowest BCUT2D eigenvalue weighted by Crippen LogP contribution is -2.54. The minimum absolute atomic E-state index is 0.308. The minimum atomic E-state index is -0.378. The number of morpholine rings is 1. The number of rotatable bonds is 2. The third kappa shape index (κ3) is 2.27. The molecule has 14 heavy (non-hydrogen) atoms. The molecule has 2 fully saturated rings. The van der Waals surface area contributed by atoms with Gasteiger partial charge in [0, 0.05) is 19.6 Å². The van der Waals surface area contributed by atoms with Crippen molar-refractivity contribution in [3.05, 3.63) is 0 Å². The maximum Gasteiger partial charge on any atom is 0.0774 e. The van der Waals surface area contributed by atoms with Crippen LogP contribution >= 0.6 is 0 Å². The lowest BCUT2D eigenvalue weighted by atomic mass is 9.80. The molecule has 3 nitrogen and oxygen atoms in total. The van der Waals surface area contributed by atoms with Crippen LogP contribution in [0.3, 0.4) is 0 Å². The second-order valence-electron chi connectivity index (χ2n) is 5.03. The number of ether oxygens (including phenoxy) is 1. The van der Waals surface area contributed by atoms with Crippen LogP contribution in [0.25, 0.3) is 0 Å². The van der Waals surface area contributed by atoms with Crippen LogP contribution in [-0.4, -0.2) is 47.4 Å². The van der Waals surface area contributed by atoms with Crippen molar-refractivity contribution in [3.63, 3.8) is 0 Å². The molecule has 0 aromatic carbocycles. The van der Waals surface area contributed by atoms with Gasteiger partial charge in [0.15, 0.2) is 0 Å². The Morgan fingerprint density at radius 2 is 1.86 bits per heavy atom. The second-order valence-corrected chi connectivity index (χ2v) is 5.03. The van der Waals surface area contributed by atoms with E-state index in [4.69, 9.17) is 4.74 Å². The van der Waals surface area contributed by atoms with E-state index in [1.54, 1.807) is 0 Å². The minimum Gasteiger partial charge on any atom is -0.389 e. The summed E-state index contributed by atoms with van der Waals surface area (Å²) in [6, 6.07) is 0. The molecule has 0 unspecified atom stereocenters. The van der Waals surface area contributed by atoms with Gasteiger partial charge >= 0.3 is 0 Å². The first-order valence-corrected chi connectivity index (χ1v) is 5.68. The van der Waals surface area contributed by atoms with E-state index in [1.165, 1.54) is 6.42 Å². The Morgan fingerprint density at radius 1 is 1.29 bits per heavy atom. The van der Waals surface area contributed by atoms with Crippen molar-refractivity contribution >= 4 is 0 Å². The van der Waals surface area contributed by atoms with Crippen molar-refractivity contribution < 1.29 is 9.84 Å². The fourth-order valence-electron chi connectivity index (χ4n) is 2.57. The van der Waals surface area contributed by atoms with E-state index in [2.05, 4.69) is 18.7 Å². The predicted octanol–water partition coefficient (Wildman–Crippen LogP) is 1.01. The van der Waals surface area contributed by atoms with Crippen LogP contribution in [0.1, 0.15) is 33.1 Å². The topological polar surface area (TPSA) is 32.7 Å². The lowest BCUT2D eigenvalue weighted by molar-refractivity contribution is -0.111. The summed E-state index contributed by atoms with van der Waals surface area (Å²) in [6.07, 6.45) is 3.76. The number of hydrogen-bond donors (Lipinski definition) is 1. The van der Waals surface area contributed by atoms with E-state index in [1.807, 2.05) is 0 Å². The zero-order chi connectivity index (χ0) is 10.2. The van der Waals surface area contributed by atoms with E-state index in [-0.39, 0.29) is 5.60 Å². The van der Waals surface area contributed by atoms with Crippen molar-refractivity contribution in [3.8, 4) is 0 Å². The molecule has 1 saturated heterocycles. The molecule has 0 bridgehead atoms. The molecule has 0 amide bonds. The fourth-order valence-corrected chi connectivity index (χ4v) is 2.57. The number of hydrogen-bond acceptors (Lipinski definition) is 3. The molecule has 3 heteroatoms. The van der Waals surface area contributed by atoms with Crippen molar-refractivity contribution in [2.45, 2.75) is 50.9 Å². The van der Waals surface area contributed by atoms with Gasteiger partial charge in [-0.3, -0.25) is 4.90 Å². The Balaban J connectivity index is 1.84. The highest BCUT2D eigenvalue weighted by atomic mass is 16.5. The number of nitrogens with zero attached hydrogens (tertiary/aromatic N) is 1. The lowest BCUT2D eigenvalue weighted by Gasteiger charge is -2.44. The smallest absolute Gasteiger partial charge is 0.0774 e. The van der Waals surface area contributed by atoms with Crippen molar-refractivity contribution in [1.29, 1.82) is 0 Å². The average molecular weight is 199 g/mol. The molecule has 1 saturated carbocycles.